The van der Waals surface area contributed by atoms with Crippen LogP contribution in [0.2, 0.25) is 0 Å². The Morgan fingerprint density at radius 2 is 2.58 bits per heavy atom. The van der Waals surface area contributed by atoms with E-state index in [-0.39, 0.29) is 0 Å². The molecule has 0 aliphatic heterocycles. The van der Waals surface area contributed by atoms with E-state index in [4.69, 9.17) is 6.42 Å². The van der Waals surface area contributed by atoms with Gasteiger partial charge in [0, 0.05) is 11.8 Å². The van der Waals surface area contributed by atoms with E-state index >= 15 is 0 Å². The fourth-order valence-electron chi connectivity index (χ4n) is 0.862. The lowest BCUT2D eigenvalue weighted by Crippen LogP contribution is -1.97. The second kappa shape index (κ2) is 4.86. The summed E-state index contributed by atoms with van der Waals surface area (Å²) in [7, 11) is 0. The summed E-state index contributed by atoms with van der Waals surface area (Å²) < 4.78 is 3.66. The number of aliphatic hydroxyl groups is 1. The molecule has 0 saturated heterocycles. The third-order valence-corrected chi connectivity index (χ3v) is 2.04. The maximum Gasteiger partial charge on any atom is 0.104 e. The predicted octanol–water partition coefficient (Wildman–Crippen LogP) is 1.37. The molecule has 1 N–H and O–H groups in total. The summed E-state index contributed by atoms with van der Waals surface area (Å²) in [6.07, 6.45) is 6.77. The number of terminal acetylenes is 1. The van der Waals surface area contributed by atoms with E-state index in [1.54, 1.807) is 5.38 Å². The highest BCUT2D eigenvalue weighted by Crippen LogP contribution is 2.16. The minimum Gasteiger partial charge on any atom is -0.387 e. The Morgan fingerprint density at radius 3 is 3.17 bits per heavy atom. The van der Waals surface area contributed by atoms with Crippen LogP contribution in [0, 0.1) is 12.3 Å². The normalized spacial score (nSPS) is 12.3. The minimum atomic E-state index is -0.503. The van der Waals surface area contributed by atoms with Gasteiger partial charge in [0.15, 0.2) is 0 Å². The number of hydrogen-bond acceptors (Lipinski definition) is 4. The summed E-state index contributed by atoms with van der Waals surface area (Å²) in [5, 5.41) is 15.0. The monoisotopic (exact) mass is 182 g/mol. The Morgan fingerprint density at radius 1 is 1.75 bits per heavy atom. The molecule has 0 bridgehead atoms. The van der Waals surface area contributed by atoms with Crippen molar-refractivity contribution in [2.75, 3.05) is 0 Å². The first-order chi connectivity index (χ1) is 5.84. The molecule has 12 heavy (non-hydrogen) atoms. The third kappa shape index (κ3) is 2.61. The molecule has 1 aromatic heterocycles. The number of hydrogen-bond donors (Lipinski definition) is 1. The Hall–Kier alpha value is -0.920. The number of rotatable bonds is 4. The van der Waals surface area contributed by atoms with Crippen molar-refractivity contribution < 1.29 is 5.11 Å². The zero-order valence-electron chi connectivity index (χ0n) is 6.60. The fraction of sp³-hybridized carbons (Fsp3) is 0.500. The van der Waals surface area contributed by atoms with Crippen LogP contribution in [0.3, 0.4) is 0 Å². The quantitative estimate of drug-likeness (QED) is 0.565. The van der Waals surface area contributed by atoms with Gasteiger partial charge in [0.1, 0.15) is 5.69 Å². The smallest absolute Gasteiger partial charge is 0.104 e. The largest absolute Gasteiger partial charge is 0.387 e. The summed E-state index contributed by atoms with van der Waals surface area (Å²) in [4.78, 5) is 0. The average molecular weight is 182 g/mol. The highest BCUT2D eigenvalue weighted by molar-refractivity contribution is 7.03. The van der Waals surface area contributed by atoms with Crippen molar-refractivity contribution in [3.8, 4) is 12.3 Å². The molecule has 0 fully saturated rings. The molecule has 1 heterocycles. The molecule has 1 unspecified atom stereocenters. The van der Waals surface area contributed by atoms with Crippen LogP contribution >= 0.6 is 11.5 Å². The molecular weight excluding hydrogens is 172 g/mol. The molecule has 4 heteroatoms. The van der Waals surface area contributed by atoms with Crippen molar-refractivity contribution >= 4 is 11.5 Å². The summed E-state index contributed by atoms with van der Waals surface area (Å²) in [5.74, 6) is 2.52. The fourth-order valence-corrected chi connectivity index (χ4v) is 1.36. The standard InChI is InChI=1S/C8H10N2OS/c1-2-3-4-5-8(11)7-6-12-10-9-7/h1,6,8,11H,3-5H2. The van der Waals surface area contributed by atoms with Gasteiger partial charge in [-0.1, -0.05) is 4.49 Å². The van der Waals surface area contributed by atoms with Crippen LogP contribution in [0.25, 0.3) is 0 Å². The number of aliphatic hydroxyl groups excluding tert-OH is 1. The maximum atomic E-state index is 9.47. The molecule has 0 aromatic carbocycles. The Balaban J connectivity index is 2.30. The molecule has 0 aliphatic rings. The summed E-state index contributed by atoms with van der Waals surface area (Å²) in [6.45, 7) is 0. The Labute approximate surface area is 75.6 Å². The lowest BCUT2D eigenvalue weighted by molar-refractivity contribution is 0.160. The van der Waals surface area contributed by atoms with Gasteiger partial charge < -0.3 is 5.11 Å². The topological polar surface area (TPSA) is 46.0 Å². The molecule has 0 amide bonds. The molecule has 0 radical (unpaired) electrons. The summed E-state index contributed by atoms with van der Waals surface area (Å²) in [6, 6.07) is 0. The zero-order chi connectivity index (χ0) is 8.81. The van der Waals surface area contributed by atoms with Gasteiger partial charge in [-0.3, -0.25) is 0 Å². The lowest BCUT2D eigenvalue weighted by Gasteiger charge is -2.03. The number of aromatic nitrogens is 2. The molecule has 0 saturated carbocycles. The van der Waals surface area contributed by atoms with Crippen molar-refractivity contribution in [1.82, 2.24) is 9.59 Å². The van der Waals surface area contributed by atoms with Crippen LogP contribution in [-0.4, -0.2) is 14.7 Å². The second-order valence-electron chi connectivity index (χ2n) is 2.44. The average Bonchev–Trinajstić information content (AvgIpc) is 2.56. The van der Waals surface area contributed by atoms with E-state index in [0.29, 0.717) is 18.5 Å². The highest BCUT2D eigenvalue weighted by atomic mass is 32.1. The molecular formula is C8H10N2OS. The van der Waals surface area contributed by atoms with Gasteiger partial charge in [-0.05, 0) is 24.4 Å². The second-order valence-corrected chi connectivity index (χ2v) is 3.05. The van der Waals surface area contributed by atoms with Crippen molar-refractivity contribution in [2.45, 2.75) is 25.4 Å². The van der Waals surface area contributed by atoms with Gasteiger partial charge >= 0.3 is 0 Å². The molecule has 3 nitrogen and oxygen atoms in total. The van der Waals surface area contributed by atoms with E-state index in [1.165, 1.54) is 11.5 Å². The van der Waals surface area contributed by atoms with E-state index in [2.05, 4.69) is 15.5 Å². The van der Waals surface area contributed by atoms with Crippen LogP contribution in [0.15, 0.2) is 5.38 Å². The molecule has 1 aromatic rings. The third-order valence-electron chi connectivity index (χ3n) is 1.52. The highest BCUT2D eigenvalue weighted by Gasteiger charge is 2.08. The van der Waals surface area contributed by atoms with Crippen LogP contribution in [0.1, 0.15) is 31.1 Å². The predicted molar refractivity (Wildman–Crippen MR) is 47.6 cm³/mol. The maximum absolute atomic E-state index is 9.47. The lowest BCUT2D eigenvalue weighted by atomic mass is 10.1. The first-order valence-electron chi connectivity index (χ1n) is 3.73. The first-order valence-corrected chi connectivity index (χ1v) is 4.56. The molecule has 64 valence electrons. The SMILES string of the molecule is C#CCCCC(O)c1csnn1. The molecule has 1 rings (SSSR count). The minimum absolute atomic E-state index is 0.503. The van der Waals surface area contributed by atoms with Gasteiger partial charge in [0.25, 0.3) is 0 Å². The Kier molecular flexibility index (Phi) is 3.71. The van der Waals surface area contributed by atoms with Gasteiger partial charge in [-0.25, -0.2) is 0 Å². The van der Waals surface area contributed by atoms with Crippen molar-refractivity contribution in [3.63, 3.8) is 0 Å². The zero-order valence-corrected chi connectivity index (χ0v) is 7.42. The van der Waals surface area contributed by atoms with Crippen LogP contribution in [0.4, 0.5) is 0 Å². The number of nitrogens with zero attached hydrogens (tertiary/aromatic N) is 2. The first kappa shape index (κ1) is 9.17. The van der Waals surface area contributed by atoms with Gasteiger partial charge in [-0.2, -0.15) is 0 Å². The van der Waals surface area contributed by atoms with Gasteiger partial charge in [-0.15, -0.1) is 17.4 Å². The molecule has 0 aliphatic carbocycles. The van der Waals surface area contributed by atoms with Crippen LogP contribution < -0.4 is 0 Å². The summed E-state index contributed by atoms with van der Waals surface area (Å²) in [5.41, 5.74) is 0.650. The van der Waals surface area contributed by atoms with E-state index in [1.807, 2.05) is 0 Å². The van der Waals surface area contributed by atoms with E-state index < -0.39 is 6.10 Å². The molecule has 0 spiro atoms. The van der Waals surface area contributed by atoms with Gasteiger partial charge in [0.05, 0.1) is 6.10 Å². The van der Waals surface area contributed by atoms with E-state index in [9.17, 15) is 5.11 Å². The van der Waals surface area contributed by atoms with Crippen molar-refractivity contribution in [2.24, 2.45) is 0 Å². The van der Waals surface area contributed by atoms with Gasteiger partial charge in [0.2, 0.25) is 0 Å². The molecule has 1 atom stereocenters. The summed E-state index contributed by atoms with van der Waals surface area (Å²) >= 11 is 1.25. The van der Waals surface area contributed by atoms with Crippen LogP contribution in [0.5, 0.6) is 0 Å². The number of unbranched alkanes of at least 4 members (excludes halogenated alkanes) is 1. The van der Waals surface area contributed by atoms with Crippen molar-refractivity contribution in [3.05, 3.63) is 11.1 Å². The van der Waals surface area contributed by atoms with Crippen LogP contribution in [-0.2, 0) is 0 Å². The van der Waals surface area contributed by atoms with E-state index in [0.717, 1.165) is 6.42 Å². The Bertz CT molecular complexity index is 253. The van der Waals surface area contributed by atoms with Crippen molar-refractivity contribution in [1.29, 1.82) is 0 Å².